The first kappa shape index (κ1) is 29.1. The largest absolute Gasteiger partial charge is 0.465 e. The molecule has 9 nitrogen and oxygen atoms in total. The van der Waals surface area contributed by atoms with Crippen LogP contribution in [0, 0.1) is 12.8 Å². The number of esters is 1. The lowest BCUT2D eigenvalue weighted by Gasteiger charge is -2.37. The van der Waals surface area contributed by atoms with Crippen molar-refractivity contribution in [1.29, 1.82) is 0 Å². The molecule has 3 unspecified atom stereocenters. The van der Waals surface area contributed by atoms with Gasteiger partial charge in [0.25, 0.3) is 5.91 Å². The van der Waals surface area contributed by atoms with Gasteiger partial charge in [-0.25, -0.2) is 18.6 Å². The third-order valence-electron chi connectivity index (χ3n) is 7.89. The number of rotatable bonds is 8. The van der Waals surface area contributed by atoms with Gasteiger partial charge in [0.05, 0.1) is 36.4 Å². The lowest BCUT2D eigenvalue weighted by Crippen LogP contribution is -2.39. The molecule has 2 aliphatic rings. The zero-order chi connectivity index (χ0) is 30.0. The summed E-state index contributed by atoms with van der Waals surface area (Å²) < 4.78 is 30.8. The van der Waals surface area contributed by atoms with Crippen molar-refractivity contribution in [3.05, 3.63) is 107 Å². The fraction of sp³-hybridized carbons (Fsp3) is 0.281. The Bertz CT molecular complexity index is 1680. The molecule has 3 aromatic rings. The molecule has 0 fully saturated rings. The van der Waals surface area contributed by atoms with Crippen LogP contribution in [0.2, 0.25) is 0 Å². The average Bonchev–Trinajstić information content (AvgIpc) is 3.48. The van der Waals surface area contributed by atoms with Crippen LogP contribution in [0.4, 0.5) is 11.4 Å². The number of allylic oxidation sites excluding steroid dienone is 2. The van der Waals surface area contributed by atoms with Crippen LogP contribution in [0.25, 0.3) is 0 Å². The quantitative estimate of drug-likeness (QED) is 0.168. The van der Waals surface area contributed by atoms with Crippen molar-refractivity contribution in [2.45, 2.75) is 32.2 Å². The molecule has 1 amide bonds. The Labute approximate surface area is 246 Å². The molecule has 1 heterocycles. The number of carbonyl (C=O) groups excluding carboxylic acids is 2. The van der Waals surface area contributed by atoms with E-state index in [1.165, 1.54) is 7.11 Å². The molecule has 1 aliphatic heterocycles. The maximum Gasteiger partial charge on any atom is 0.337 e. The molecule has 1 aliphatic carbocycles. The van der Waals surface area contributed by atoms with Crippen molar-refractivity contribution in [2.24, 2.45) is 11.0 Å². The Morgan fingerprint density at radius 1 is 1.07 bits per heavy atom. The highest BCUT2D eigenvalue weighted by Gasteiger charge is 2.38. The van der Waals surface area contributed by atoms with Crippen LogP contribution in [-0.4, -0.2) is 45.9 Å². The fourth-order valence-corrected chi connectivity index (χ4v) is 6.61. The molecule has 0 saturated carbocycles. The predicted octanol–water partition coefficient (Wildman–Crippen LogP) is 4.91. The molecule has 10 heteroatoms. The summed E-state index contributed by atoms with van der Waals surface area (Å²) in [6, 6.07) is 20.7. The summed E-state index contributed by atoms with van der Waals surface area (Å²) >= 11 is 0. The number of carbonyl (C=O) groups is 2. The third kappa shape index (κ3) is 5.94. The van der Waals surface area contributed by atoms with Crippen LogP contribution in [-0.2, 0) is 19.6 Å². The number of hydrogen-bond acceptors (Lipinski definition) is 7. The number of nitrogens with one attached hydrogen (secondary N) is 2. The zero-order valence-electron chi connectivity index (χ0n) is 24.0. The van der Waals surface area contributed by atoms with Gasteiger partial charge in [0.1, 0.15) is 6.54 Å². The number of ether oxygens (including phenoxy) is 1. The van der Waals surface area contributed by atoms with E-state index in [-0.39, 0.29) is 24.5 Å². The summed E-state index contributed by atoms with van der Waals surface area (Å²) in [7, 11) is -2.31. The minimum atomic E-state index is -3.69. The molecule has 0 saturated heterocycles. The Morgan fingerprint density at radius 2 is 1.79 bits per heavy atom. The average molecular weight is 587 g/mol. The molecule has 0 spiro atoms. The van der Waals surface area contributed by atoms with Crippen LogP contribution in [0.3, 0.4) is 0 Å². The number of aryl methyl sites for hydroxylation is 1. The molecular weight excluding hydrogens is 552 g/mol. The summed E-state index contributed by atoms with van der Waals surface area (Å²) in [5.74, 6) is -0.394. The molecule has 218 valence electrons. The van der Waals surface area contributed by atoms with E-state index >= 15 is 0 Å². The molecule has 0 radical (unpaired) electrons. The summed E-state index contributed by atoms with van der Waals surface area (Å²) in [4.78, 5) is 24.6. The van der Waals surface area contributed by atoms with Crippen molar-refractivity contribution in [1.82, 2.24) is 5.43 Å². The van der Waals surface area contributed by atoms with Crippen molar-refractivity contribution >= 4 is 39.0 Å². The predicted molar refractivity (Wildman–Crippen MR) is 164 cm³/mol. The summed E-state index contributed by atoms with van der Waals surface area (Å²) in [6.07, 6.45) is 6.45. The molecular formula is C32H34N4O5S. The number of nitrogens with zero attached hydrogens (tertiary/aromatic N) is 2. The number of hydrazone groups is 1. The van der Waals surface area contributed by atoms with Crippen molar-refractivity contribution in [2.75, 3.05) is 29.5 Å². The summed E-state index contributed by atoms with van der Waals surface area (Å²) in [5.41, 5.74) is 8.98. The van der Waals surface area contributed by atoms with Crippen LogP contribution < -0.4 is 15.0 Å². The second-order valence-electron chi connectivity index (χ2n) is 10.7. The molecule has 3 atom stereocenters. The van der Waals surface area contributed by atoms with Gasteiger partial charge in [-0.15, -0.1) is 0 Å². The SMILES string of the molecule is COC(=O)c1ccc(C2Nc3ccc(C(C)=NNC(=O)CN(c4ccccc4C)S(C)(=O)=O)cc3C3C=CCC32)cc1. The van der Waals surface area contributed by atoms with E-state index in [1.54, 1.807) is 37.3 Å². The van der Waals surface area contributed by atoms with Crippen molar-refractivity contribution in [3.63, 3.8) is 0 Å². The van der Waals surface area contributed by atoms with Crippen molar-refractivity contribution in [3.8, 4) is 0 Å². The smallest absolute Gasteiger partial charge is 0.337 e. The van der Waals surface area contributed by atoms with E-state index in [0.29, 0.717) is 22.9 Å². The van der Waals surface area contributed by atoms with Gasteiger partial charge >= 0.3 is 5.97 Å². The number of hydrogen-bond donors (Lipinski definition) is 2. The number of benzene rings is 3. The van der Waals surface area contributed by atoms with Gasteiger partial charge in [-0.05, 0) is 78.8 Å². The number of para-hydroxylation sites is 1. The van der Waals surface area contributed by atoms with E-state index in [4.69, 9.17) is 4.74 Å². The minimum absolute atomic E-state index is 0.0788. The highest BCUT2D eigenvalue weighted by atomic mass is 32.2. The van der Waals surface area contributed by atoms with Gasteiger partial charge in [0, 0.05) is 11.6 Å². The second-order valence-corrected chi connectivity index (χ2v) is 12.6. The van der Waals surface area contributed by atoms with E-state index in [9.17, 15) is 18.0 Å². The van der Waals surface area contributed by atoms with Crippen LogP contribution in [0.5, 0.6) is 0 Å². The van der Waals surface area contributed by atoms with Crippen LogP contribution in [0.1, 0.15) is 57.9 Å². The number of sulfonamides is 1. The molecule has 3 aromatic carbocycles. The number of amides is 1. The first-order chi connectivity index (χ1) is 20.1. The van der Waals surface area contributed by atoms with E-state index in [0.717, 1.165) is 44.9 Å². The summed E-state index contributed by atoms with van der Waals surface area (Å²) in [6.45, 7) is 3.22. The van der Waals surface area contributed by atoms with Gasteiger partial charge in [-0.3, -0.25) is 9.10 Å². The molecule has 0 bridgehead atoms. The lowest BCUT2D eigenvalue weighted by molar-refractivity contribution is -0.119. The Hall–Kier alpha value is -4.44. The Morgan fingerprint density at radius 3 is 2.48 bits per heavy atom. The highest BCUT2D eigenvalue weighted by molar-refractivity contribution is 7.92. The van der Waals surface area contributed by atoms with Crippen molar-refractivity contribution < 1.29 is 22.7 Å². The normalized spacial score (nSPS) is 19.3. The second kappa shape index (κ2) is 11.8. The maximum atomic E-state index is 12.8. The van der Waals surface area contributed by atoms with Gasteiger partial charge in [-0.1, -0.05) is 48.6 Å². The standard InChI is InChI=1S/C32H34N4O5S/c1-20-8-5-6-11-29(20)36(42(4,39)40)19-30(37)35-34-21(2)24-16-17-28-27(18-24)25-9-7-10-26(25)31(33-28)22-12-14-23(15-13-22)32(38)41-3/h5-9,11-18,25-26,31,33H,10,19H2,1-4H3,(H,35,37). The molecule has 2 N–H and O–H groups in total. The summed E-state index contributed by atoms with van der Waals surface area (Å²) in [5, 5.41) is 7.98. The molecule has 5 rings (SSSR count). The Balaban J connectivity index is 1.32. The van der Waals surface area contributed by atoms with E-state index in [1.807, 2.05) is 37.3 Å². The van der Waals surface area contributed by atoms with E-state index in [2.05, 4.69) is 34.1 Å². The van der Waals surface area contributed by atoms with Crippen LogP contribution in [0.15, 0.2) is 84.0 Å². The number of anilines is 2. The third-order valence-corrected chi connectivity index (χ3v) is 9.02. The molecule has 0 aromatic heterocycles. The topological polar surface area (TPSA) is 117 Å². The maximum absolute atomic E-state index is 12.8. The van der Waals surface area contributed by atoms with Crippen LogP contribution >= 0.6 is 0 Å². The number of methoxy groups -OCH3 is 1. The Kier molecular flexibility index (Phi) is 8.17. The highest BCUT2D eigenvalue weighted by Crippen LogP contribution is 2.50. The van der Waals surface area contributed by atoms with Gasteiger partial charge in [0.2, 0.25) is 10.0 Å². The minimum Gasteiger partial charge on any atom is -0.465 e. The molecule has 42 heavy (non-hydrogen) atoms. The zero-order valence-corrected chi connectivity index (χ0v) is 24.8. The van der Waals surface area contributed by atoms with Gasteiger partial charge in [-0.2, -0.15) is 5.10 Å². The monoisotopic (exact) mass is 586 g/mol. The van der Waals surface area contributed by atoms with Gasteiger partial charge in [0.15, 0.2) is 0 Å². The fourth-order valence-electron chi connectivity index (χ4n) is 5.69. The first-order valence-corrected chi connectivity index (χ1v) is 15.5. The lowest BCUT2D eigenvalue weighted by atomic mass is 9.76. The first-order valence-electron chi connectivity index (χ1n) is 13.7. The van der Waals surface area contributed by atoms with E-state index < -0.39 is 15.9 Å². The van der Waals surface area contributed by atoms with Gasteiger partial charge < -0.3 is 10.1 Å². The number of fused-ring (bicyclic) bond motifs is 3.